The monoisotopic (exact) mass is 391 g/mol. The first kappa shape index (κ1) is 18.9. The first-order valence-corrected chi connectivity index (χ1v) is 9.62. The van der Waals surface area contributed by atoms with Crippen molar-refractivity contribution in [2.24, 2.45) is 0 Å². The lowest BCUT2D eigenvalue weighted by Gasteiger charge is -2.29. The van der Waals surface area contributed by atoms with Gasteiger partial charge in [-0.25, -0.2) is 0 Å². The second kappa shape index (κ2) is 7.50. The highest BCUT2D eigenvalue weighted by molar-refractivity contribution is 5.95. The van der Waals surface area contributed by atoms with E-state index in [9.17, 15) is 19.7 Å². The van der Waals surface area contributed by atoms with Crippen LogP contribution in [0.15, 0.2) is 47.3 Å². The number of fused-ring (bicyclic) bond motifs is 2. The Labute approximate surface area is 167 Å². The zero-order valence-corrected chi connectivity index (χ0v) is 16.1. The van der Waals surface area contributed by atoms with Crippen molar-refractivity contribution >= 4 is 28.2 Å². The average molecular weight is 391 g/mol. The highest BCUT2D eigenvalue weighted by Crippen LogP contribution is 2.31. The fraction of sp³-hybridized carbons (Fsp3) is 0.273. The van der Waals surface area contributed by atoms with Crippen LogP contribution in [-0.4, -0.2) is 22.4 Å². The van der Waals surface area contributed by atoms with E-state index in [2.05, 4.69) is 4.98 Å². The van der Waals surface area contributed by atoms with Crippen molar-refractivity contribution in [1.82, 2.24) is 4.98 Å². The molecule has 148 valence electrons. The van der Waals surface area contributed by atoms with Crippen molar-refractivity contribution in [2.45, 2.75) is 32.6 Å². The summed E-state index contributed by atoms with van der Waals surface area (Å²) in [6.45, 7) is 2.49. The fourth-order valence-electron chi connectivity index (χ4n) is 3.86. The molecule has 7 heteroatoms. The fourth-order valence-corrected chi connectivity index (χ4v) is 3.86. The molecular weight excluding hydrogens is 370 g/mol. The Hall–Kier alpha value is -3.48. The zero-order valence-electron chi connectivity index (χ0n) is 16.1. The van der Waals surface area contributed by atoms with Gasteiger partial charge in [-0.3, -0.25) is 19.7 Å². The Morgan fingerprint density at radius 1 is 1.21 bits per heavy atom. The first-order valence-electron chi connectivity index (χ1n) is 9.62. The number of hydrogen-bond acceptors (Lipinski definition) is 4. The van der Waals surface area contributed by atoms with E-state index in [-0.39, 0.29) is 23.6 Å². The summed E-state index contributed by atoms with van der Waals surface area (Å²) in [7, 11) is 0. The van der Waals surface area contributed by atoms with E-state index < -0.39 is 4.92 Å². The molecule has 4 rings (SSSR count). The number of carbonyl (C=O) groups excluding carboxylic acids is 1. The molecule has 0 saturated carbocycles. The summed E-state index contributed by atoms with van der Waals surface area (Å²) in [6.07, 6.45) is 2.09. The number of amides is 1. The molecule has 0 atom stereocenters. The quantitative estimate of drug-likeness (QED) is 0.542. The molecule has 0 spiro atoms. The zero-order chi connectivity index (χ0) is 20.5. The second-order valence-corrected chi connectivity index (χ2v) is 7.43. The summed E-state index contributed by atoms with van der Waals surface area (Å²) in [5.41, 5.74) is 3.74. The van der Waals surface area contributed by atoms with Gasteiger partial charge in [-0.1, -0.05) is 18.2 Å². The van der Waals surface area contributed by atoms with E-state index in [1.54, 1.807) is 11.0 Å². The molecule has 0 fully saturated rings. The number of aryl methyl sites for hydroxylation is 3. The van der Waals surface area contributed by atoms with Crippen LogP contribution < -0.4 is 10.5 Å². The third-order valence-corrected chi connectivity index (χ3v) is 5.39. The number of anilines is 1. The van der Waals surface area contributed by atoms with E-state index in [1.165, 1.54) is 12.1 Å². The lowest BCUT2D eigenvalue weighted by atomic mass is 10.00. The number of rotatable bonds is 4. The molecule has 2 heterocycles. The van der Waals surface area contributed by atoms with Crippen molar-refractivity contribution in [3.63, 3.8) is 0 Å². The van der Waals surface area contributed by atoms with E-state index >= 15 is 0 Å². The van der Waals surface area contributed by atoms with Gasteiger partial charge >= 0.3 is 0 Å². The molecule has 1 N–H and O–H groups in total. The highest BCUT2D eigenvalue weighted by Gasteiger charge is 2.24. The van der Waals surface area contributed by atoms with Crippen LogP contribution in [0.4, 0.5) is 11.4 Å². The molecule has 0 saturated heterocycles. The Bertz CT molecular complexity index is 1180. The number of benzene rings is 2. The van der Waals surface area contributed by atoms with Gasteiger partial charge in [-0.2, -0.15) is 0 Å². The van der Waals surface area contributed by atoms with Gasteiger partial charge in [0.25, 0.3) is 11.2 Å². The molecule has 0 unspecified atom stereocenters. The van der Waals surface area contributed by atoms with Crippen LogP contribution >= 0.6 is 0 Å². The highest BCUT2D eigenvalue weighted by atomic mass is 16.6. The third kappa shape index (κ3) is 3.76. The van der Waals surface area contributed by atoms with Gasteiger partial charge in [0.05, 0.1) is 10.6 Å². The lowest BCUT2D eigenvalue weighted by Crippen LogP contribution is -2.35. The standard InChI is InChI=1S/C22H21N3O4/c1-14-4-5-16-12-17(22(27)23-19(16)11-14)7-9-21(26)24-10-2-3-15-6-8-18(25(28)29)13-20(15)24/h4-6,8,11-13H,2-3,7,9-10H2,1H3,(H,23,27). The van der Waals surface area contributed by atoms with Gasteiger partial charge in [-0.15, -0.1) is 0 Å². The second-order valence-electron chi connectivity index (χ2n) is 7.43. The molecule has 7 nitrogen and oxygen atoms in total. The van der Waals surface area contributed by atoms with E-state index in [0.29, 0.717) is 24.2 Å². The average Bonchev–Trinajstić information content (AvgIpc) is 2.71. The number of H-pyrrole nitrogens is 1. The van der Waals surface area contributed by atoms with Crippen molar-refractivity contribution < 1.29 is 9.72 Å². The van der Waals surface area contributed by atoms with E-state index in [0.717, 1.165) is 34.9 Å². The molecule has 0 radical (unpaired) electrons. The maximum Gasteiger partial charge on any atom is 0.271 e. The summed E-state index contributed by atoms with van der Waals surface area (Å²) < 4.78 is 0. The third-order valence-electron chi connectivity index (χ3n) is 5.39. The van der Waals surface area contributed by atoms with E-state index in [1.807, 2.05) is 31.2 Å². The molecular formula is C22H21N3O4. The Morgan fingerprint density at radius 2 is 2.03 bits per heavy atom. The summed E-state index contributed by atoms with van der Waals surface area (Å²) in [5.74, 6) is -0.130. The maximum atomic E-state index is 12.9. The molecule has 1 amide bonds. The number of non-ortho nitro benzene ring substituents is 1. The van der Waals surface area contributed by atoms with Crippen molar-refractivity contribution in [3.8, 4) is 0 Å². The Balaban J connectivity index is 1.55. The predicted octanol–water partition coefficient (Wildman–Crippen LogP) is 3.66. The molecule has 2 aromatic carbocycles. The lowest BCUT2D eigenvalue weighted by molar-refractivity contribution is -0.384. The van der Waals surface area contributed by atoms with Crippen LogP contribution in [0.25, 0.3) is 10.9 Å². The van der Waals surface area contributed by atoms with Gasteiger partial charge in [0.1, 0.15) is 0 Å². The number of nitrogens with zero attached hydrogens (tertiary/aromatic N) is 2. The summed E-state index contributed by atoms with van der Waals surface area (Å²) in [6, 6.07) is 12.3. The number of pyridine rings is 1. The van der Waals surface area contributed by atoms with Crippen LogP contribution in [0, 0.1) is 17.0 Å². The van der Waals surface area contributed by atoms with Crippen LogP contribution in [0.3, 0.4) is 0 Å². The van der Waals surface area contributed by atoms with Crippen LogP contribution in [0.5, 0.6) is 0 Å². The van der Waals surface area contributed by atoms with Crippen molar-refractivity contribution in [1.29, 1.82) is 0 Å². The normalized spacial score (nSPS) is 13.3. The SMILES string of the molecule is Cc1ccc2cc(CCC(=O)N3CCCc4ccc([N+](=O)[O-])cc43)c(=O)[nH]c2c1. The van der Waals surface area contributed by atoms with Crippen LogP contribution in [-0.2, 0) is 17.6 Å². The molecule has 1 aliphatic rings. The summed E-state index contributed by atoms with van der Waals surface area (Å²) in [5, 5.41) is 12.0. The Kier molecular flexibility index (Phi) is 4.88. The molecule has 29 heavy (non-hydrogen) atoms. The summed E-state index contributed by atoms with van der Waals surface area (Å²) in [4.78, 5) is 40.4. The topological polar surface area (TPSA) is 96.3 Å². The number of nitro groups is 1. The Morgan fingerprint density at radius 3 is 2.83 bits per heavy atom. The molecule has 3 aromatic rings. The first-order chi connectivity index (χ1) is 13.9. The number of aromatic nitrogens is 1. The van der Waals surface area contributed by atoms with Gasteiger partial charge in [-0.05, 0) is 54.8 Å². The van der Waals surface area contributed by atoms with Crippen LogP contribution in [0.1, 0.15) is 29.5 Å². The van der Waals surface area contributed by atoms with E-state index in [4.69, 9.17) is 0 Å². The number of aromatic amines is 1. The van der Waals surface area contributed by atoms with Crippen molar-refractivity contribution in [2.75, 3.05) is 11.4 Å². The minimum atomic E-state index is -0.451. The largest absolute Gasteiger partial charge is 0.322 e. The smallest absolute Gasteiger partial charge is 0.271 e. The molecule has 0 bridgehead atoms. The molecule has 1 aromatic heterocycles. The number of nitro benzene ring substituents is 1. The number of nitrogens with one attached hydrogen (secondary N) is 1. The van der Waals surface area contributed by atoms with Gasteiger partial charge in [0.2, 0.25) is 5.91 Å². The predicted molar refractivity (Wildman–Crippen MR) is 111 cm³/mol. The maximum absolute atomic E-state index is 12.9. The van der Waals surface area contributed by atoms with Crippen LogP contribution in [0.2, 0.25) is 0 Å². The van der Waals surface area contributed by atoms with Gasteiger partial charge in [0, 0.05) is 36.2 Å². The van der Waals surface area contributed by atoms with Gasteiger partial charge < -0.3 is 9.88 Å². The minimum absolute atomic E-state index is 0.0234. The van der Waals surface area contributed by atoms with Gasteiger partial charge in [0.15, 0.2) is 0 Å². The molecule has 1 aliphatic heterocycles. The van der Waals surface area contributed by atoms with Crippen molar-refractivity contribution in [3.05, 3.63) is 79.6 Å². The summed E-state index contributed by atoms with van der Waals surface area (Å²) >= 11 is 0. The minimum Gasteiger partial charge on any atom is -0.322 e. The number of hydrogen-bond donors (Lipinski definition) is 1. The number of carbonyl (C=O) groups is 1. The molecule has 0 aliphatic carbocycles.